The lowest BCUT2D eigenvalue weighted by molar-refractivity contribution is -0.154. The molecule has 7 nitrogen and oxygen atoms in total. The van der Waals surface area contributed by atoms with Crippen molar-refractivity contribution in [3.63, 3.8) is 0 Å². The summed E-state index contributed by atoms with van der Waals surface area (Å²) in [6.07, 6.45) is -0.670. The van der Waals surface area contributed by atoms with Gasteiger partial charge in [-0.25, -0.2) is 4.98 Å². The molecule has 0 aliphatic rings. The minimum Gasteiger partial charge on any atom is -0.453 e. The smallest absolute Gasteiger partial charge is 0.307 e. The molecule has 2 aromatic carbocycles. The van der Waals surface area contributed by atoms with E-state index in [0.717, 1.165) is 5.56 Å². The number of carbonyl (C=O) groups is 2. The highest BCUT2D eigenvalue weighted by molar-refractivity contribution is 5.83. The highest BCUT2D eigenvalue weighted by Gasteiger charge is 2.19. The van der Waals surface area contributed by atoms with Crippen molar-refractivity contribution in [3.8, 4) is 5.69 Å². The molecule has 3 aromatic rings. The van der Waals surface area contributed by atoms with Crippen LogP contribution in [-0.4, -0.2) is 34.1 Å². The Balaban J connectivity index is 1.90. The molecule has 0 radical (unpaired) electrons. The predicted molar refractivity (Wildman–Crippen MR) is 115 cm³/mol. The lowest BCUT2D eigenvalue weighted by Crippen LogP contribution is -2.35. The lowest BCUT2D eigenvalue weighted by Gasteiger charge is -2.15. The highest BCUT2D eigenvalue weighted by atomic mass is 16.5. The number of nitrogens with one attached hydrogen (secondary N) is 1. The number of fused-ring (bicyclic) bond motifs is 1. The van der Waals surface area contributed by atoms with E-state index >= 15 is 0 Å². The molecule has 1 heterocycles. The third-order valence-electron chi connectivity index (χ3n) is 4.72. The van der Waals surface area contributed by atoms with Crippen molar-refractivity contribution in [1.82, 2.24) is 14.9 Å². The highest BCUT2D eigenvalue weighted by Crippen LogP contribution is 2.15. The largest absolute Gasteiger partial charge is 0.453 e. The van der Waals surface area contributed by atoms with Crippen LogP contribution in [-0.2, 0) is 20.7 Å². The number of hydrogen-bond acceptors (Lipinski definition) is 5. The number of likely N-dealkylation sites (N-methyl/N-ethyl adjacent to an activating group) is 1. The van der Waals surface area contributed by atoms with Crippen molar-refractivity contribution < 1.29 is 14.3 Å². The summed E-state index contributed by atoms with van der Waals surface area (Å²) in [5, 5.41) is 3.12. The van der Waals surface area contributed by atoms with Gasteiger partial charge < -0.3 is 10.1 Å². The van der Waals surface area contributed by atoms with Gasteiger partial charge in [0.2, 0.25) is 0 Å². The second-order valence-electron chi connectivity index (χ2n) is 7.05. The van der Waals surface area contributed by atoms with E-state index in [2.05, 4.69) is 10.3 Å². The number of para-hydroxylation sites is 1. The number of aryl methyl sites for hydroxylation is 2. The average molecular weight is 407 g/mol. The fourth-order valence-electron chi connectivity index (χ4n) is 3.15. The van der Waals surface area contributed by atoms with Gasteiger partial charge in [-0.3, -0.25) is 19.0 Å². The molecule has 1 atom stereocenters. The van der Waals surface area contributed by atoms with Crippen LogP contribution in [0.5, 0.6) is 0 Å². The van der Waals surface area contributed by atoms with Crippen LogP contribution in [0.3, 0.4) is 0 Å². The average Bonchev–Trinajstić information content (AvgIpc) is 2.73. The Morgan fingerprint density at radius 3 is 2.53 bits per heavy atom. The molecule has 0 fully saturated rings. The van der Waals surface area contributed by atoms with Crippen LogP contribution in [0.25, 0.3) is 16.6 Å². The van der Waals surface area contributed by atoms with Crippen LogP contribution >= 0.6 is 0 Å². The number of rotatable bonds is 7. The molecule has 0 saturated carbocycles. The zero-order valence-corrected chi connectivity index (χ0v) is 17.3. The number of hydrogen-bond donors (Lipinski definition) is 1. The maximum absolute atomic E-state index is 13.2. The topological polar surface area (TPSA) is 90.3 Å². The molecule has 1 N–H and O–H groups in total. The summed E-state index contributed by atoms with van der Waals surface area (Å²) < 4.78 is 6.73. The maximum atomic E-state index is 13.2. The summed E-state index contributed by atoms with van der Waals surface area (Å²) in [7, 11) is 0. The van der Waals surface area contributed by atoms with Crippen molar-refractivity contribution >= 4 is 22.8 Å². The van der Waals surface area contributed by atoms with Crippen molar-refractivity contribution in [2.24, 2.45) is 0 Å². The molecule has 1 amide bonds. The Bertz CT molecular complexity index is 1120. The van der Waals surface area contributed by atoms with Gasteiger partial charge in [0, 0.05) is 13.0 Å². The minimum absolute atomic E-state index is 0.000384. The molecular weight excluding hydrogens is 382 g/mol. The third kappa shape index (κ3) is 4.74. The van der Waals surface area contributed by atoms with E-state index in [1.807, 2.05) is 37.3 Å². The molecular formula is C23H25N3O4. The first kappa shape index (κ1) is 21.2. The molecule has 1 aromatic heterocycles. The Labute approximate surface area is 174 Å². The van der Waals surface area contributed by atoms with Crippen LogP contribution in [0.4, 0.5) is 0 Å². The van der Waals surface area contributed by atoms with E-state index in [1.165, 1.54) is 11.5 Å². The molecule has 156 valence electrons. The molecule has 3 rings (SSSR count). The Kier molecular flexibility index (Phi) is 6.61. The van der Waals surface area contributed by atoms with Gasteiger partial charge in [0.1, 0.15) is 5.82 Å². The molecule has 7 heteroatoms. The molecule has 0 aliphatic carbocycles. The van der Waals surface area contributed by atoms with Crippen molar-refractivity contribution in [2.45, 2.75) is 39.7 Å². The number of amides is 1. The molecule has 0 unspecified atom stereocenters. The predicted octanol–water partition coefficient (Wildman–Crippen LogP) is 2.69. The number of ether oxygens (including phenoxy) is 1. The van der Waals surface area contributed by atoms with Crippen LogP contribution in [0.1, 0.15) is 31.7 Å². The first-order chi connectivity index (χ1) is 14.4. The fourth-order valence-corrected chi connectivity index (χ4v) is 3.15. The molecule has 0 saturated heterocycles. The second kappa shape index (κ2) is 9.35. The van der Waals surface area contributed by atoms with Crippen molar-refractivity contribution in [3.05, 3.63) is 70.3 Å². The number of aromatic nitrogens is 2. The maximum Gasteiger partial charge on any atom is 0.307 e. The fraction of sp³-hybridized carbons (Fsp3) is 0.304. The molecule has 30 heavy (non-hydrogen) atoms. The van der Waals surface area contributed by atoms with E-state index in [0.29, 0.717) is 29.0 Å². The van der Waals surface area contributed by atoms with Gasteiger partial charge in [0.15, 0.2) is 6.10 Å². The minimum atomic E-state index is -0.874. The van der Waals surface area contributed by atoms with Crippen molar-refractivity contribution in [2.75, 3.05) is 6.54 Å². The van der Waals surface area contributed by atoms with E-state index in [4.69, 9.17) is 4.74 Å². The van der Waals surface area contributed by atoms with E-state index in [1.54, 1.807) is 25.1 Å². The number of nitrogens with zero attached hydrogens (tertiary/aromatic N) is 2. The van der Waals surface area contributed by atoms with Crippen molar-refractivity contribution in [1.29, 1.82) is 0 Å². The van der Waals surface area contributed by atoms with E-state index in [9.17, 15) is 14.4 Å². The summed E-state index contributed by atoms with van der Waals surface area (Å²) >= 11 is 0. The quantitative estimate of drug-likeness (QED) is 0.608. The molecule has 0 spiro atoms. The summed E-state index contributed by atoms with van der Waals surface area (Å²) in [6, 6.07) is 14.7. The van der Waals surface area contributed by atoms with Crippen LogP contribution in [0.15, 0.2) is 53.3 Å². The van der Waals surface area contributed by atoms with Gasteiger partial charge in [-0.1, -0.05) is 29.8 Å². The standard InChI is InChI=1S/C23H25N3O4/c1-4-24-22(28)16(3)30-21(27)14-13-20-25-19-8-6-5-7-18(19)23(29)26(20)17-11-9-15(2)10-12-17/h5-12,16H,4,13-14H2,1-3H3,(H,24,28)/t16-/m0/s1. The number of carbonyl (C=O) groups excluding carboxylic acids is 2. The van der Waals surface area contributed by atoms with Crippen LogP contribution < -0.4 is 10.9 Å². The summed E-state index contributed by atoms with van der Waals surface area (Å²) in [6.45, 7) is 5.75. The van der Waals surface area contributed by atoms with Crippen LogP contribution in [0.2, 0.25) is 0 Å². The van der Waals surface area contributed by atoms with Gasteiger partial charge >= 0.3 is 5.97 Å². The Hall–Kier alpha value is -3.48. The van der Waals surface area contributed by atoms with Gasteiger partial charge in [-0.05, 0) is 45.0 Å². The van der Waals surface area contributed by atoms with E-state index in [-0.39, 0.29) is 24.3 Å². The second-order valence-corrected chi connectivity index (χ2v) is 7.05. The Morgan fingerprint density at radius 1 is 1.13 bits per heavy atom. The van der Waals surface area contributed by atoms with Gasteiger partial charge in [0.05, 0.1) is 23.0 Å². The Morgan fingerprint density at radius 2 is 1.83 bits per heavy atom. The zero-order valence-electron chi connectivity index (χ0n) is 17.3. The molecule has 0 bridgehead atoms. The van der Waals surface area contributed by atoms with Crippen LogP contribution in [0, 0.1) is 6.92 Å². The first-order valence-corrected chi connectivity index (χ1v) is 9.95. The summed E-state index contributed by atoms with van der Waals surface area (Å²) in [5.41, 5.74) is 2.14. The number of benzene rings is 2. The van der Waals surface area contributed by atoms with Gasteiger partial charge in [-0.15, -0.1) is 0 Å². The monoisotopic (exact) mass is 407 g/mol. The summed E-state index contributed by atoms with van der Waals surface area (Å²) in [5.74, 6) is -0.400. The first-order valence-electron chi connectivity index (χ1n) is 9.95. The zero-order chi connectivity index (χ0) is 21.7. The SMILES string of the molecule is CCNC(=O)[C@H](C)OC(=O)CCc1nc2ccccc2c(=O)n1-c1ccc(C)cc1. The van der Waals surface area contributed by atoms with E-state index < -0.39 is 12.1 Å². The normalized spacial score (nSPS) is 11.8. The third-order valence-corrected chi connectivity index (χ3v) is 4.72. The summed E-state index contributed by atoms with van der Waals surface area (Å²) in [4.78, 5) is 41.8. The van der Waals surface area contributed by atoms with Gasteiger partial charge in [-0.2, -0.15) is 0 Å². The number of esters is 1. The lowest BCUT2D eigenvalue weighted by atomic mass is 10.2. The molecule has 0 aliphatic heterocycles. The van der Waals surface area contributed by atoms with Gasteiger partial charge in [0.25, 0.3) is 11.5 Å².